The Labute approximate surface area is 156 Å². The van der Waals surface area contributed by atoms with E-state index in [1.807, 2.05) is 25.1 Å². The number of ether oxygens (including phenoxy) is 2. The highest BCUT2D eigenvalue weighted by molar-refractivity contribution is 8.00. The van der Waals surface area contributed by atoms with E-state index < -0.39 is 0 Å². The van der Waals surface area contributed by atoms with Crippen molar-refractivity contribution in [1.29, 1.82) is 0 Å². The third-order valence-corrected chi connectivity index (χ3v) is 5.73. The lowest BCUT2D eigenvalue weighted by Gasteiger charge is -2.28. The molecule has 2 saturated heterocycles. The van der Waals surface area contributed by atoms with Gasteiger partial charge in [-0.15, -0.1) is 10.2 Å². The molecule has 2 atom stereocenters. The molecule has 2 aromatic rings. The van der Waals surface area contributed by atoms with Gasteiger partial charge in [0.25, 0.3) is 0 Å². The van der Waals surface area contributed by atoms with Crippen molar-refractivity contribution >= 4 is 23.7 Å². The van der Waals surface area contributed by atoms with Crippen LogP contribution in [-0.4, -0.2) is 58.4 Å². The van der Waals surface area contributed by atoms with Gasteiger partial charge in [-0.3, -0.25) is 9.36 Å². The van der Waals surface area contributed by atoms with E-state index in [9.17, 15) is 4.79 Å². The largest absolute Gasteiger partial charge is 0.462 e. The first-order valence-corrected chi connectivity index (χ1v) is 9.75. The lowest BCUT2D eigenvalue weighted by Crippen LogP contribution is -2.38. The van der Waals surface area contributed by atoms with Gasteiger partial charge in [0.2, 0.25) is 5.95 Å². The van der Waals surface area contributed by atoms with Gasteiger partial charge in [-0.05, 0) is 12.5 Å². The Morgan fingerprint density at radius 3 is 2.65 bits per heavy atom. The van der Waals surface area contributed by atoms with Crippen LogP contribution in [0.5, 0.6) is 0 Å². The van der Waals surface area contributed by atoms with Crippen molar-refractivity contribution in [3.8, 4) is 0 Å². The molecule has 0 spiro atoms. The number of morpholine rings is 1. The summed E-state index contributed by atoms with van der Waals surface area (Å²) >= 11 is 1.45. The topological polar surface area (TPSA) is 69.5 Å². The minimum absolute atomic E-state index is 0.0378. The zero-order valence-corrected chi connectivity index (χ0v) is 15.5. The number of thioether (sulfide) groups is 1. The van der Waals surface area contributed by atoms with E-state index >= 15 is 0 Å². The minimum Gasteiger partial charge on any atom is -0.462 e. The third-order valence-electron chi connectivity index (χ3n) is 4.55. The molecule has 8 heteroatoms. The Kier molecular flexibility index (Phi) is 5.12. The van der Waals surface area contributed by atoms with Crippen LogP contribution >= 0.6 is 11.8 Å². The molecular weight excluding hydrogens is 352 g/mol. The molecule has 0 unspecified atom stereocenters. The zero-order valence-electron chi connectivity index (χ0n) is 14.7. The van der Waals surface area contributed by atoms with Gasteiger partial charge in [0, 0.05) is 19.5 Å². The molecule has 0 N–H and O–H groups in total. The molecule has 0 saturated carbocycles. The number of nitrogens with zero attached hydrogens (tertiary/aromatic N) is 4. The van der Waals surface area contributed by atoms with Crippen molar-refractivity contribution in [1.82, 2.24) is 14.8 Å². The molecule has 0 radical (unpaired) electrons. The second kappa shape index (κ2) is 7.67. The molecule has 2 aliphatic rings. The van der Waals surface area contributed by atoms with Crippen molar-refractivity contribution in [3.05, 3.63) is 35.9 Å². The summed E-state index contributed by atoms with van der Waals surface area (Å²) in [7, 11) is 0. The van der Waals surface area contributed by atoms with E-state index in [-0.39, 0.29) is 17.3 Å². The van der Waals surface area contributed by atoms with E-state index in [1.165, 1.54) is 17.3 Å². The number of rotatable bonds is 5. The normalized spacial score (nSPS) is 23.3. The molecule has 26 heavy (non-hydrogen) atoms. The summed E-state index contributed by atoms with van der Waals surface area (Å²) in [4.78, 5) is 14.2. The second-order valence-corrected chi connectivity index (χ2v) is 7.71. The summed E-state index contributed by atoms with van der Waals surface area (Å²) in [6, 6.07) is 10.2. The molecule has 4 rings (SSSR count). The fraction of sp³-hybridized carbons (Fsp3) is 0.500. The molecule has 7 nitrogen and oxygen atoms in total. The highest BCUT2D eigenvalue weighted by Crippen LogP contribution is 2.33. The summed E-state index contributed by atoms with van der Waals surface area (Å²) < 4.78 is 12.8. The Morgan fingerprint density at radius 1 is 1.19 bits per heavy atom. The first-order valence-electron chi connectivity index (χ1n) is 8.87. The summed E-state index contributed by atoms with van der Waals surface area (Å²) in [6.07, 6.45) is 0.665. The standard InChI is InChI=1S/C18H22N4O3S/c1-13-11-15(16(23)25-13)26-18-20-19-17(21-7-9-24-10-8-21)22(18)12-14-5-3-2-4-6-14/h2-6,13,15H,7-12H2,1H3/t13-,15+/m0/s1. The molecule has 138 valence electrons. The highest BCUT2D eigenvalue weighted by Gasteiger charge is 2.34. The number of cyclic esters (lactones) is 1. The Hall–Kier alpha value is -2.06. The monoisotopic (exact) mass is 374 g/mol. The van der Waals surface area contributed by atoms with Crippen LogP contribution in [0.2, 0.25) is 0 Å². The molecule has 1 aromatic carbocycles. The minimum atomic E-state index is -0.221. The van der Waals surface area contributed by atoms with Crippen molar-refractivity contribution < 1.29 is 14.3 Å². The van der Waals surface area contributed by atoms with Crippen molar-refractivity contribution in [2.75, 3.05) is 31.2 Å². The van der Waals surface area contributed by atoms with Crippen molar-refractivity contribution in [2.24, 2.45) is 0 Å². The lowest BCUT2D eigenvalue weighted by atomic mass is 10.2. The molecule has 2 aliphatic heterocycles. The van der Waals surface area contributed by atoms with Gasteiger partial charge in [-0.25, -0.2) is 0 Å². The van der Waals surface area contributed by atoms with E-state index in [2.05, 4.69) is 31.8 Å². The van der Waals surface area contributed by atoms with Crippen molar-refractivity contribution in [2.45, 2.75) is 36.4 Å². The van der Waals surface area contributed by atoms with E-state index in [4.69, 9.17) is 9.47 Å². The van der Waals surface area contributed by atoms with Gasteiger partial charge in [0.15, 0.2) is 5.16 Å². The summed E-state index contributed by atoms with van der Waals surface area (Å²) in [5.41, 5.74) is 1.17. The second-order valence-electron chi connectivity index (χ2n) is 6.54. The van der Waals surface area contributed by atoms with Crippen LogP contribution in [-0.2, 0) is 20.8 Å². The van der Waals surface area contributed by atoms with Crippen molar-refractivity contribution in [3.63, 3.8) is 0 Å². The van der Waals surface area contributed by atoms with Crippen LogP contribution < -0.4 is 4.90 Å². The quantitative estimate of drug-likeness (QED) is 0.741. The first kappa shape index (κ1) is 17.4. The Balaban J connectivity index is 1.62. The van der Waals surface area contributed by atoms with Gasteiger partial charge in [0.1, 0.15) is 11.4 Å². The smallest absolute Gasteiger partial charge is 0.319 e. The Bertz CT molecular complexity index is 761. The Morgan fingerprint density at radius 2 is 1.96 bits per heavy atom. The number of hydrogen-bond donors (Lipinski definition) is 0. The lowest BCUT2D eigenvalue weighted by molar-refractivity contribution is -0.140. The number of carbonyl (C=O) groups is 1. The van der Waals surface area contributed by atoms with Gasteiger partial charge in [-0.2, -0.15) is 0 Å². The van der Waals surface area contributed by atoms with E-state index in [0.29, 0.717) is 26.2 Å². The highest BCUT2D eigenvalue weighted by atomic mass is 32.2. The molecule has 2 fully saturated rings. The molecule has 0 amide bonds. The maximum Gasteiger partial charge on any atom is 0.319 e. The average Bonchev–Trinajstić information content (AvgIpc) is 3.19. The number of anilines is 1. The maximum atomic E-state index is 12.0. The molecule has 3 heterocycles. The van der Waals surface area contributed by atoms with Gasteiger partial charge < -0.3 is 14.4 Å². The fourth-order valence-electron chi connectivity index (χ4n) is 3.21. The van der Waals surface area contributed by atoms with Crippen LogP contribution in [0.4, 0.5) is 5.95 Å². The number of benzene rings is 1. The SMILES string of the molecule is C[C@H]1C[C@@H](Sc2nnc(N3CCOCC3)n2Cc2ccccc2)C(=O)O1. The van der Waals surface area contributed by atoms with Crippen LogP contribution in [0.1, 0.15) is 18.9 Å². The molecular formula is C18H22N4O3S. The predicted molar refractivity (Wildman–Crippen MR) is 98.4 cm³/mol. The number of hydrogen-bond acceptors (Lipinski definition) is 7. The fourth-order valence-corrected chi connectivity index (χ4v) is 4.35. The maximum absolute atomic E-state index is 12.0. The van der Waals surface area contributed by atoms with Crippen LogP contribution in [0.3, 0.4) is 0 Å². The van der Waals surface area contributed by atoms with Crippen LogP contribution in [0.15, 0.2) is 35.5 Å². The van der Waals surface area contributed by atoms with E-state index in [0.717, 1.165) is 24.2 Å². The molecule has 0 bridgehead atoms. The van der Waals surface area contributed by atoms with Gasteiger partial charge in [-0.1, -0.05) is 42.1 Å². The van der Waals surface area contributed by atoms with Gasteiger partial charge >= 0.3 is 5.97 Å². The molecule has 0 aliphatic carbocycles. The van der Waals surface area contributed by atoms with Crippen LogP contribution in [0.25, 0.3) is 0 Å². The molecule has 1 aromatic heterocycles. The summed E-state index contributed by atoms with van der Waals surface area (Å²) in [5.74, 6) is 0.670. The summed E-state index contributed by atoms with van der Waals surface area (Å²) in [5, 5.41) is 9.36. The summed E-state index contributed by atoms with van der Waals surface area (Å²) in [6.45, 7) is 5.55. The average molecular weight is 374 g/mol. The van der Waals surface area contributed by atoms with Gasteiger partial charge in [0.05, 0.1) is 19.8 Å². The van der Waals surface area contributed by atoms with E-state index in [1.54, 1.807) is 0 Å². The number of carbonyl (C=O) groups excluding carboxylic acids is 1. The number of esters is 1. The predicted octanol–water partition coefficient (Wildman–Crippen LogP) is 1.96. The van der Waals surface area contributed by atoms with Crippen LogP contribution in [0, 0.1) is 0 Å². The first-order chi connectivity index (χ1) is 12.7. The third kappa shape index (κ3) is 3.71. The zero-order chi connectivity index (χ0) is 17.9. The number of aromatic nitrogens is 3.